The summed E-state index contributed by atoms with van der Waals surface area (Å²) in [4.78, 5) is 2.36. The minimum absolute atomic E-state index is 0.542. The van der Waals surface area contributed by atoms with Gasteiger partial charge in [-0.25, -0.2) is 4.68 Å². The first-order valence-corrected chi connectivity index (χ1v) is 6.76. The Kier molecular flexibility index (Phi) is 3.51. The molecule has 0 spiro atoms. The highest BCUT2D eigenvalue weighted by atomic mass is 16.5. The van der Waals surface area contributed by atoms with Gasteiger partial charge >= 0.3 is 0 Å². The second-order valence-corrected chi connectivity index (χ2v) is 5.04. The zero-order chi connectivity index (χ0) is 13.1. The van der Waals surface area contributed by atoms with Gasteiger partial charge in [0, 0.05) is 6.04 Å². The first kappa shape index (κ1) is 12.2. The summed E-state index contributed by atoms with van der Waals surface area (Å²) in [6, 6.07) is 10.6. The van der Waals surface area contributed by atoms with Crippen molar-refractivity contribution in [3.8, 4) is 11.4 Å². The van der Waals surface area contributed by atoms with Crippen LogP contribution in [-0.2, 0) is 0 Å². The van der Waals surface area contributed by atoms with Crippen LogP contribution in [0.25, 0.3) is 5.69 Å². The number of ether oxygens (including phenoxy) is 1. The number of hydrogen-bond acceptors (Lipinski definition) is 3. The van der Waals surface area contributed by atoms with Crippen molar-refractivity contribution in [2.24, 2.45) is 0 Å². The Labute approximate surface area is 113 Å². The van der Waals surface area contributed by atoms with Gasteiger partial charge in [0.25, 0.3) is 0 Å². The molecule has 100 valence electrons. The number of likely N-dealkylation sites (N-methyl/N-ethyl adjacent to an activating group) is 1. The van der Waals surface area contributed by atoms with Gasteiger partial charge in [-0.3, -0.25) is 0 Å². The quantitative estimate of drug-likeness (QED) is 0.842. The van der Waals surface area contributed by atoms with Crippen molar-refractivity contribution in [1.82, 2.24) is 14.7 Å². The fraction of sp³-hybridized carbons (Fsp3) is 0.400. The SMILES string of the molecule is CN1CCCC1COc1cnn(-c2ccccc2)c1. The van der Waals surface area contributed by atoms with E-state index in [-0.39, 0.29) is 0 Å². The second-order valence-electron chi connectivity index (χ2n) is 5.04. The number of rotatable bonds is 4. The van der Waals surface area contributed by atoms with Crippen molar-refractivity contribution in [3.63, 3.8) is 0 Å². The molecule has 0 radical (unpaired) electrons. The summed E-state index contributed by atoms with van der Waals surface area (Å²) in [5.41, 5.74) is 1.05. The van der Waals surface area contributed by atoms with Crippen LogP contribution in [0.15, 0.2) is 42.7 Å². The van der Waals surface area contributed by atoms with Gasteiger partial charge in [-0.05, 0) is 38.6 Å². The topological polar surface area (TPSA) is 30.3 Å². The summed E-state index contributed by atoms with van der Waals surface area (Å²) >= 11 is 0. The van der Waals surface area contributed by atoms with Gasteiger partial charge in [-0.15, -0.1) is 0 Å². The Morgan fingerprint density at radius 2 is 2.16 bits per heavy atom. The molecule has 4 heteroatoms. The molecule has 0 N–H and O–H groups in total. The molecule has 1 fully saturated rings. The summed E-state index contributed by atoms with van der Waals surface area (Å²) in [6.45, 7) is 1.92. The molecule has 0 amide bonds. The predicted octanol–water partition coefficient (Wildman–Crippen LogP) is 2.35. The number of hydrogen-bond donors (Lipinski definition) is 0. The maximum atomic E-state index is 5.84. The smallest absolute Gasteiger partial charge is 0.157 e. The Morgan fingerprint density at radius 3 is 2.89 bits per heavy atom. The Bertz CT molecular complexity index is 523. The second kappa shape index (κ2) is 5.45. The molecule has 1 aliphatic rings. The van der Waals surface area contributed by atoms with Gasteiger partial charge in [-0.1, -0.05) is 18.2 Å². The summed E-state index contributed by atoms with van der Waals surface area (Å²) in [5, 5.41) is 4.33. The molecule has 2 aromatic rings. The van der Waals surface area contributed by atoms with Crippen LogP contribution < -0.4 is 4.74 Å². The normalized spacial score (nSPS) is 19.7. The Balaban J connectivity index is 1.62. The lowest BCUT2D eigenvalue weighted by molar-refractivity contribution is 0.198. The van der Waals surface area contributed by atoms with Crippen molar-refractivity contribution in [2.75, 3.05) is 20.2 Å². The zero-order valence-electron chi connectivity index (χ0n) is 11.2. The van der Waals surface area contributed by atoms with Crippen LogP contribution in [0, 0.1) is 0 Å². The molecular weight excluding hydrogens is 238 g/mol. The molecule has 2 heterocycles. The molecule has 3 rings (SSSR count). The van der Waals surface area contributed by atoms with Crippen LogP contribution in [0.3, 0.4) is 0 Å². The summed E-state index contributed by atoms with van der Waals surface area (Å²) in [5.74, 6) is 0.837. The van der Waals surface area contributed by atoms with Crippen molar-refractivity contribution in [3.05, 3.63) is 42.7 Å². The first-order valence-electron chi connectivity index (χ1n) is 6.76. The molecule has 19 heavy (non-hydrogen) atoms. The Hall–Kier alpha value is -1.81. The van der Waals surface area contributed by atoms with Crippen LogP contribution in [0.4, 0.5) is 0 Å². The monoisotopic (exact) mass is 257 g/mol. The fourth-order valence-corrected chi connectivity index (χ4v) is 2.49. The van der Waals surface area contributed by atoms with E-state index in [9.17, 15) is 0 Å². The van der Waals surface area contributed by atoms with Crippen molar-refractivity contribution >= 4 is 0 Å². The minimum atomic E-state index is 0.542. The molecule has 4 nitrogen and oxygen atoms in total. The third-order valence-corrected chi connectivity index (χ3v) is 3.69. The minimum Gasteiger partial charge on any atom is -0.489 e. The van der Waals surface area contributed by atoms with Crippen LogP contribution in [-0.4, -0.2) is 40.9 Å². The standard InChI is InChI=1S/C15H19N3O/c1-17-9-5-8-14(17)12-19-15-10-16-18(11-15)13-6-3-2-4-7-13/h2-4,6-7,10-11,14H,5,8-9,12H2,1H3. The summed E-state index contributed by atoms with van der Waals surface area (Å²) in [6.07, 6.45) is 6.21. The van der Waals surface area contributed by atoms with Gasteiger partial charge < -0.3 is 9.64 Å². The van der Waals surface area contributed by atoms with E-state index < -0.39 is 0 Å². The van der Waals surface area contributed by atoms with E-state index in [0.717, 1.165) is 18.0 Å². The number of para-hydroxylation sites is 1. The van der Waals surface area contributed by atoms with E-state index in [4.69, 9.17) is 4.74 Å². The summed E-state index contributed by atoms with van der Waals surface area (Å²) in [7, 11) is 2.16. The molecule has 1 aromatic heterocycles. The molecule has 1 atom stereocenters. The van der Waals surface area contributed by atoms with Gasteiger partial charge in [-0.2, -0.15) is 5.10 Å². The first-order chi connectivity index (χ1) is 9.33. The largest absolute Gasteiger partial charge is 0.489 e. The van der Waals surface area contributed by atoms with E-state index in [1.165, 1.54) is 19.4 Å². The maximum Gasteiger partial charge on any atom is 0.157 e. The van der Waals surface area contributed by atoms with E-state index >= 15 is 0 Å². The molecular formula is C15H19N3O. The van der Waals surface area contributed by atoms with Crippen molar-refractivity contribution < 1.29 is 4.74 Å². The van der Waals surface area contributed by atoms with Crippen LogP contribution in [0.1, 0.15) is 12.8 Å². The Morgan fingerprint density at radius 1 is 1.32 bits per heavy atom. The lowest BCUT2D eigenvalue weighted by atomic mass is 10.2. The molecule has 0 bridgehead atoms. The van der Waals surface area contributed by atoms with Gasteiger partial charge in [0.05, 0.1) is 18.1 Å². The molecule has 1 unspecified atom stereocenters. The van der Waals surface area contributed by atoms with Crippen molar-refractivity contribution in [2.45, 2.75) is 18.9 Å². The van der Waals surface area contributed by atoms with Crippen LogP contribution in [0.5, 0.6) is 5.75 Å². The highest BCUT2D eigenvalue weighted by Gasteiger charge is 2.21. The number of likely N-dealkylation sites (tertiary alicyclic amines) is 1. The summed E-state index contributed by atoms with van der Waals surface area (Å²) < 4.78 is 7.68. The molecule has 0 aliphatic carbocycles. The third-order valence-electron chi connectivity index (χ3n) is 3.69. The van der Waals surface area contributed by atoms with E-state index in [1.54, 1.807) is 6.20 Å². The lowest BCUT2D eigenvalue weighted by Crippen LogP contribution is -2.30. The number of benzene rings is 1. The number of nitrogens with zero attached hydrogens (tertiary/aromatic N) is 3. The lowest BCUT2D eigenvalue weighted by Gasteiger charge is -2.18. The van der Waals surface area contributed by atoms with Gasteiger partial charge in [0.2, 0.25) is 0 Å². The highest BCUT2D eigenvalue weighted by molar-refractivity contribution is 5.32. The molecule has 0 saturated carbocycles. The van der Waals surface area contributed by atoms with E-state index in [1.807, 2.05) is 41.2 Å². The van der Waals surface area contributed by atoms with Crippen LogP contribution in [0.2, 0.25) is 0 Å². The van der Waals surface area contributed by atoms with Gasteiger partial charge in [0.15, 0.2) is 5.75 Å². The van der Waals surface area contributed by atoms with Gasteiger partial charge in [0.1, 0.15) is 6.61 Å². The number of aromatic nitrogens is 2. The average molecular weight is 257 g/mol. The predicted molar refractivity (Wildman–Crippen MR) is 74.7 cm³/mol. The van der Waals surface area contributed by atoms with Crippen LogP contribution >= 0.6 is 0 Å². The third kappa shape index (κ3) is 2.79. The van der Waals surface area contributed by atoms with Crippen molar-refractivity contribution in [1.29, 1.82) is 0 Å². The highest BCUT2D eigenvalue weighted by Crippen LogP contribution is 2.18. The maximum absolute atomic E-state index is 5.84. The van der Waals surface area contributed by atoms with E-state index in [0.29, 0.717) is 6.04 Å². The molecule has 1 saturated heterocycles. The van der Waals surface area contributed by atoms with E-state index in [2.05, 4.69) is 17.0 Å². The average Bonchev–Trinajstić information content (AvgIpc) is 3.06. The fourth-order valence-electron chi connectivity index (χ4n) is 2.49. The molecule has 1 aliphatic heterocycles. The molecule has 1 aromatic carbocycles. The zero-order valence-corrected chi connectivity index (χ0v) is 11.2.